The van der Waals surface area contributed by atoms with Crippen LogP contribution in [-0.2, 0) is 13.6 Å². The average Bonchev–Trinajstić information content (AvgIpc) is 3.20. The molecule has 1 aliphatic carbocycles. The van der Waals surface area contributed by atoms with Gasteiger partial charge in [-0.25, -0.2) is 9.97 Å². The van der Waals surface area contributed by atoms with Gasteiger partial charge in [-0.15, -0.1) is 0 Å². The fourth-order valence-electron chi connectivity index (χ4n) is 4.52. The summed E-state index contributed by atoms with van der Waals surface area (Å²) in [5.41, 5.74) is 0. The van der Waals surface area contributed by atoms with Gasteiger partial charge in [-0.05, 0) is 42.7 Å². The number of fused-ring (bicyclic) bond motifs is 1. The van der Waals surface area contributed by atoms with Crippen LogP contribution in [-0.4, -0.2) is 39.1 Å². The molecule has 5 heteroatoms. The second-order valence-electron chi connectivity index (χ2n) is 7.36. The number of rotatable bonds is 5. The number of likely N-dealkylation sites (tertiary alicyclic amines) is 1. The van der Waals surface area contributed by atoms with Gasteiger partial charge in [0.15, 0.2) is 0 Å². The summed E-state index contributed by atoms with van der Waals surface area (Å²) in [6.45, 7) is 4.48. The highest BCUT2D eigenvalue weighted by atomic mass is 15.2. The number of anilines is 1. The van der Waals surface area contributed by atoms with Gasteiger partial charge in [-0.3, -0.25) is 4.90 Å². The van der Waals surface area contributed by atoms with Gasteiger partial charge in [-0.1, -0.05) is 12.5 Å². The summed E-state index contributed by atoms with van der Waals surface area (Å²) in [6.07, 6.45) is 9.90. The molecule has 24 heavy (non-hydrogen) atoms. The Morgan fingerprint density at radius 3 is 2.92 bits per heavy atom. The fourth-order valence-corrected chi connectivity index (χ4v) is 4.52. The van der Waals surface area contributed by atoms with Crippen LogP contribution in [0.15, 0.2) is 36.8 Å². The van der Waals surface area contributed by atoms with Crippen molar-refractivity contribution in [1.29, 1.82) is 0 Å². The van der Waals surface area contributed by atoms with Gasteiger partial charge in [0, 0.05) is 45.3 Å². The van der Waals surface area contributed by atoms with Crippen molar-refractivity contribution in [2.75, 3.05) is 25.0 Å². The van der Waals surface area contributed by atoms with Gasteiger partial charge in [-0.2, -0.15) is 0 Å². The molecule has 128 valence electrons. The first-order valence-electron chi connectivity index (χ1n) is 9.13. The van der Waals surface area contributed by atoms with E-state index >= 15 is 0 Å². The lowest BCUT2D eigenvalue weighted by molar-refractivity contribution is 0.207. The molecule has 1 saturated carbocycles. The van der Waals surface area contributed by atoms with Crippen molar-refractivity contribution in [1.82, 2.24) is 19.4 Å². The lowest BCUT2D eigenvalue weighted by Crippen LogP contribution is -2.32. The van der Waals surface area contributed by atoms with Crippen LogP contribution in [0.25, 0.3) is 0 Å². The molecule has 2 aromatic heterocycles. The largest absolute Gasteiger partial charge is 0.370 e. The minimum absolute atomic E-state index is 0.761. The van der Waals surface area contributed by atoms with E-state index in [1.165, 1.54) is 38.2 Å². The second-order valence-corrected chi connectivity index (χ2v) is 7.36. The first-order valence-corrected chi connectivity index (χ1v) is 9.13. The van der Waals surface area contributed by atoms with Crippen LogP contribution in [0.5, 0.6) is 0 Å². The minimum Gasteiger partial charge on any atom is -0.370 e. The van der Waals surface area contributed by atoms with Gasteiger partial charge in [0.2, 0.25) is 0 Å². The number of aryl methyl sites for hydroxylation is 1. The van der Waals surface area contributed by atoms with Crippen molar-refractivity contribution < 1.29 is 0 Å². The van der Waals surface area contributed by atoms with E-state index in [0.717, 1.165) is 36.7 Å². The standard InChI is InChI=1S/C19H27N5/c1-23-10-9-21-19(23)14-24-12-16-6-4-5-15(17(16)13-24)11-22-18-7-2-3-8-20-18/h2-3,7-10,15-17H,4-6,11-14H2,1H3,(H,20,22)/t15-,16+,17+/m1/s1. The van der Waals surface area contributed by atoms with E-state index in [0.29, 0.717) is 0 Å². The van der Waals surface area contributed by atoms with Crippen LogP contribution in [0.4, 0.5) is 5.82 Å². The summed E-state index contributed by atoms with van der Waals surface area (Å²) in [7, 11) is 2.09. The van der Waals surface area contributed by atoms with Crippen molar-refractivity contribution in [3.8, 4) is 0 Å². The van der Waals surface area contributed by atoms with Crippen molar-refractivity contribution in [3.63, 3.8) is 0 Å². The molecule has 2 fully saturated rings. The minimum atomic E-state index is 0.761. The molecule has 0 unspecified atom stereocenters. The molecule has 1 saturated heterocycles. The normalized spacial score (nSPS) is 27.1. The van der Waals surface area contributed by atoms with Crippen molar-refractivity contribution in [3.05, 3.63) is 42.6 Å². The lowest BCUT2D eigenvalue weighted by atomic mass is 9.74. The molecular formula is C19H27N5. The summed E-state index contributed by atoms with van der Waals surface area (Å²) in [6, 6.07) is 6.07. The maximum atomic E-state index is 4.49. The van der Waals surface area contributed by atoms with Crippen LogP contribution in [0, 0.1) is 17.8 Å². The fraction of sp³-hybridized carbons (Fsp3) is 0.579. The summed E-state index contributed by atoms with van der Waals surface area (Å²) >= 11 is 0. The summed E-state index contributed by atoms with van der Waals surface area (Å²) in [5, 5.41) is 3.55. The molecule has 0 spiro atoms. The Labute approximate surface area is 144 Å². The van der Waals surface area contributed by atoms with Crippen molar-refractivity contribution >= 4 is 5.82 Å². The monoisotopic (exact) mass is 325 g/mol. The third-order valence-corrected chi connectivity index (χ3v) is 5.82. The molecule has 4 rings (SSSR count). The van der Waals surface area contributed by atoms with E-state index in [4.69, 9.17) is 0 Å². The van der Waals surface area contributed by atoms with Crippen molar-refractivity contribution in [2.24, 2.45) is 24.8 Å². The molecule has 2 aliphatic rings. The van der Waals surface area contributed by atoms with Crippen LogP contribution >= 0.6 is 0 Å². The zero-order valence-corrected chi connectivity index (χ0v) is 14.4. The third kappa shape index (κ3) is 3.31. The van der Waals surface area contributed by atoms with Crippen LogP contribution < -0.4 is 5.32 Å². The number of pyridine rings is 1. The number of nitrogens with zero attached hydrogens (tertiary/aromatic N) is 4. The van der Waals surface area contributed by atoms with Gasteiger partial charge in [0.25, 0.3) is 0 Å². The summed E-state index contributed by atoms with van der Waals surface area (Å²) in [5.74, 6) is 4.61. The Balaban J connectivity index is 1.36. The van der Waals surface area contributed by atoms with Crippen LogP contribution in [0.1, 0.15) is 25.1 Å². The number of hydrogen-bond donors (Lipinski definition) is 1. The Morgan fingerprint density at radius 2 is 2.12 bits per heavy atom. The highest BCUT2D eigenvalue weighted by Gasteiger charge is 2.40. The quantitative estimate of drug-likeness (QED) is 0.918. The van der Waals surface area contributed by atoms with E-state index in [9.17, 15) is 0 Å². The molecule has 3 atom stereocenters. The SMILES string of the molecule is Cn1ccnc1CN1C[C@@H]2CCC[C@H](CNc3ccccn3)[C@@H]2C1. The van der Waals surface area contributed by atoms with Crippen LogP contribution in [0.3, 0.4) is 0 Å². The molecule has 0 radical (unpaired) electrons. The van der Waals surface area contributed by atoms with Gasteiger partial charge in [0.1, 0.15) is 11.6 Å². The molecule has 5 nitrogen and oxygen atoms in total. The van der Waals surface area contributed by atoms with Crippen LogP contribution in [0.2, 0.25) is 0 Å². The van der Waals surface area contributed by atoms with Crippen molar-refractivity contribution in [2.45, 2.75) is 25.8 Å². The highest BCUT2D eigenvalue weighted by Crippen LogP contribution is 2.40. The Hall–Kier alpha value is -1.88. The summed E-state index contributed by atoms with van der Waals surface area (Å²) < 4.78 is 2.14. The summed E-state index contributed by atoms with van der Waals surface area (Å²) in [4.78, 5) is 11.5. The van der Waals surface area contributed by atoms with E-state index in [2.05, 4.69) is 37.9 Å². The van der Waals surface area contributed by atoms with E-state index in [1.807, 2.05) is 30.7 Å². The predicted molar refractivity (Wildman–Crippen MR) is 95.5 cm³/mol. The van der Waals surface area contributed by atoms with Gasteiger partial charge >= 0.3 is 0 Å². The van der Waals surface area contributed by atoms with E-state index in [1.54, 1.807) is 0 Å². The molecular weight excluding hydrogens is 298 g/mol. The number of imidazole rings is 1. The smallest absolute Gasteiger partial charge is 0.125 e. The number of aromatic nitrogens is 3. The Bertz CT molecular complexity index is 653. The second kappa shape index (κ2) is 6.93. The molecule has 2 aromatic rings. The molecule has 1 N–H and O–H groups in total. The highest BCUT2D eigenvalue weighted by molar-refractivity contribution is 5.33. The van der Waals surface area contributed by atoms with E-state index in [-0.39, 0.29) is 0 Å². The lowest BCUT2D eigenvalue weighted by Gasteiger charge is -2.33. The van der Waals surface area contributed by atoms with Gasteiger partial charge < -0.3 is 9.88 Å². The molecule has 0 amide bonds. The first-order chi connectivity index (χ1) is 11.8. The predicted octanol–water partition coefficient (Wildman–Crippen LogP) is 2.78. The molecule has 0 bridgehead atoms. The maximum absolute atomic E-state index is 4.49. The van der Waals surface area contributed by atoms with Gasteiger partial charge in [0.05, 0.1) is 6.54 Å². The first kappa shape index (κ1) is 15.6. The van der Waals surface area contributed by atoms with E-state index < -0.39 is 0 Å². The molecule has 3 heterocycles. The maximum Gasteiger partial charge on any atom is 0.125 e. The third-order valence-electron chi connectivity index (χ3n) is 5.82. The molecule has 0 aromatic carbocycles. The average molecular weight is 325 g/mol. The topological polar surface area (TPSA) is 46.0 Å². The number of hydrogen-bond acceptors (Lipinski definition) is 4. The number of nitrogens with one attached hydrogen (secondary N) is 1. The zero-order valence-electron chi connectivity index (χ0n) is 14.4. The molecule has 1 aliphatic heterocycles. The Morgan fingerprint density at radius 1 is 1.17 bits per heavy atom. The Kier molecular flexibility index (Phi) is 4.52. The zero-order chi connectivity index (χ0) is 16.4.